The first-order valence-corrected chi connectivity index (χ1v) is 10.4. The third-order valence-electron chi connectivity index (χ3n) is 4.67. The SMILES string of the molecule is Cc1ncsc1C(=O)NCc1ccc(-n2ccc(-c3ccc(C#N)c(Cl)c3)n2)cc1F. The number of nitrogens with zero attached hydrogens (tertiary/aromatic N) is 4. The van der Waals surface area contributed by atoms with Crippen molar-refractivity contribution >= 4 is 28.8 Å². The first-order valence-electron chi connectivity index (χ1n) is 9.19. The molecule has 0 aliphatic carbocycles. The molecule has 0 bridgehead atoms. The van der Waals surface area contributed by atoms with E-state index in [-0.39, 0.29) is 12.5 Å². The Morgan fingerprint density at radius 3 is 2.81 bits per heavy atom. The Morgan fingerprint density at radius 2 is 2.13 bits per heavy atom. The van der Waals surface area contributed by atoms with Crippen LogP contribution < -0.4 is 5.32 Å². The average molecular weight is 452 g/mol. The molecule has 0 fully saturated rings. The van der Waals surface area contributed by atoms with Crippen LogP contribution in [0.2, 0.25) is 5.02 Å². The molecule has 0 aliphatic rings. The minimum absolute atomic E-state index is 0.0659. The van der Waals surface area contributed by atoms with Crippen molar-refractivity contribution < 1.29 is 9.18 Å². The van der Waals surface area contributed by atoms with E-state index in [2.05, 4.69) is 15.4 Å². The van der Waals surface area contributed by atoms with Gasteiger partial charge in [0, 0.05) is 23.9 Å². The zero-order valence-electron chi connectivity index (χ0n) is 16.3. The van der Waals surface area contributed by atoms with Gasteiger partial charge in [-0.25, -0.2) is 14.1 Å². The van der Waals surface area contributed by atoms with Crippen LogP contribution in [0.15, 0.2) is 54.2 Å². The highest BCUT2D eigenvalue weighted by molar-refractivity contribution is 7.11. The van der Waals surface area contributed by atoms with Crippen molar-refractivity contribution in [2.45, 2.75) is 13.5 Å². The zero-order chi connectivity index (χ0) is 22.0. The molecule has 0 saturated carbocycles. The van der Waals surface area contributed by atoms with Gasteiger partial charge in [0.2, 0.25) is 0 Å². The minimum atomic E-state index is -0.447. The fourth-order valence-corrected chi connectivity index (χ4v) is 3.93. The summed E-state index contributed by atoms with van der Waals surface area (Å²) in [6, 6.07) is 13.6. The highest BCUT2D eigenvalue weighted by atomic mass is 35.5. The maximum absolute atomic E-state index is 14.6. The van der Waals surface area contributed by atoms with Crippen LogP contribution >= 0.6 is 22.9 Å². The van der Waals surface area contributed by atoms with Crippen molar-refractivity contribution in [3.8, 4) is 23.0 Å². The maximum atomic E-state index is 14.6. The normalized spacial score (nSPS) is 10.6. The number of amides is 1. The van der Waals surface area contributed by atoms with Gasteiger partial charge in [0.05, 0.1) is 33.2 Å². The second kappa shape index (κ2) is 8.68. The minimum Gasteiger partial charge on any atom is -0.347 e. The number of carbonyl (C=O) groups excluding carboxylic acids is 1. The first kappa shape index (κ1) is 20.7. The van der Waals surface area contributed by atoms with E-state index in [0.717, 1.165) is 5.56 Å². The molecule has 0 atom stereocenters. The molecule has 2 aromatic carbocycles. The Labute approximate surface area is 186 Å². The third kappa shape index (κ3) is 4.33. The molecule has 0 spiro atoms. The van der Waals surface area contributed by atoms with E-state index in [1.165, 1.54) is 17.4 Å². The Balaban J connectivity index is 1.50. The summed E-state index contributed by atoms with van der Waals surface area (Å²) in [4.78, 5) is 16.8. The standard InChI is InChI=1S/C22H15ClFN5OS/c1-13-21(31-12-27-13)22(30)26-11-16-4-5-17(9-19(16)24)29-7-6-20(28-29)14-2-3-15(10-25)18(23)8-14/h2-9,12H,11H2,1H3,(H,26,30). The zero-order valence-corrected chi connectivity index (χ0v) is 17.8. The topological polar surface area (TPSA) is 83.6 Å². The molecule has 0 radical (unpaired) electrons. The molecular formula is C22H15ClFN5OS. The quantitative estimate of drug-likeness (QED) is 0.468. The number of benzene rings is 2. The molecule has 1 N–H and O–H groups in total. The van der Waals surface area contributed by atoms with Crippen molar-refractivity contribution in [3.05, 3.63) is 86.7 Å². The number of nitrogens with one attached hydrogen (secondary N) is 1. The lowest BCUT2D eigenvalue weighted by Gasteiger charge is -2.08. The van der Waals surface area contributed by atoms with Gasteiger partial charge in [-0.05, 0) is 37.3 Å². The molecule has 9 heteroatoms. The Bertz CT molecular complexity index is 1320. The summed E-state index contributed by atoms with van der Waals surface area (Å²) in [5, 5.41) is 16.5. The first-order chi connectivity index (χ1) is 15.0. The molecule has 154 valence electrons. The summed E-state index contributed by atoms with van der Waals surface area (Å²) in [6.45, 7) is 1.82. The van der Waals surface area contributed by atoms with Gasteiger partial charge in [0.15, 0.2) is 0 Å². The second-order valence-electron chi connectivity index (χ2n) is 6.68. The smallest absolute Gasteiger partial charge is 0.263 e. The second-order valence-corrected chi connectivity index (χ2v) is 7.94. The van der Waals surface area contributed by atoms with Crippen LogP contribution in [0.5, 0.6) is 0 Å². The number of rotatable bonds is 5. The van der Waals surface area contributed by atoms with E-state index in [1.54, 1.807) is 59.7 Å². The third-order valence-corrected chi connectivity index (χ3v) is 5.91. The summed E-state index contributed by atoms with van der Waals surface area (Å²) in [5.41, 5.74) is 4.94. The van der Waals surface area contributed by atoms with Gasteiger partial charge in [-0.15, -0.1) is 11.3 Å². The van der Waals surface area contributed by atoms with E-state index in [1.807, 2.05) is 6.07 Å². The lowest BCUT2D eigenvalue weighted by Crippen LogP contribution is -2.23. The predicted octanol–water partition coefficient (Wildman–Crippen LogP) is 4.90. The fraction of sp³-hybridized carbons (Fsp3) is 0.0909. The lowest BCUT2D eigenvalue weighted by atomic mass is 10.1. The van der Waals surface area contributed by atoms with Gasteiger partial charge in [0.1, 0.15) is 16.8 Å². The van der Waals surface area contributed by atoms with E-state index in [0.29, 0.717) is 38.1 Å². The van der Waals surface area contributed by atoms with E-state index >= 15 is 0 Å². The highest BCUT2D eigenvalue weighted by Crippen LogP contribution is 2.25. The number of hydrogen-bond acceptors (Lipinski definition) is 5. The number of thiazole rings is 1. The van der Waals surface area contributed by atoms with Crippen LogP contribution in [0.1, 0.15) is 26.5 Å². The predicted molar refractivity (Wildman–Crippen MR) is 117 cm³/mol. The molecule has 2 heterocycles. The van der Waals surface area contributed by atoms with Crippen LogP contribution in [0.3, 0.4) is 0 Å². The van der Waals surface area contributed by atoms with E-state index in [4.69, 9.17) is 16.9 Å². The van der Waals surface area contributed by atoms with Gasteiger partial charge >= 0.3 is 0 Å². The van der Waals surface area contributed by atoms with Crippen molar-refractivity contribution in [1.29, 1.82) is 5.26 Å². The fourth-order valence-electron chi connectivity index (χ4n) is 2.98. The summed E-state index contributed by atoms with van der Waals surface area (Å²) >= 11 is 7.34. The number of nitriles is 1. The molecule has 31 heavy (non-hydrogen) atoms. The summed E-state index contributed by atoms with van der Waals surface area (Å²) in [6.07, 6.45) is 1.71. The van der Waals surface area contributed by atoms with Crippen molar-refractivity contribution in [2.24, 2.45) is 0 Å². The molecule has 0 aliphatic heterocycles. The molecule has 1 amide bonds. The molecule has 4 rings (SSSR count). The molecular weight excluding hydrogens is 437 g/mol. The summed E-state index contributed by atoms with van der Waals surface area (Å²) in [5.74, 6) is -0.724. The van der Waals surface area contributed by atoms with Crippen LogP contribution in [0.4, 0.5) is 4.39 Å². The lowest BCUT2D eigenvalue weighted by molar-refractivity contribution is 0.0954. The van der Waals surface area contributed by atoms with Crippen LogP contribution in [0.25, 0.3) is 16.9 Å². The maximum Gasteiger partial charge on any atom is 0.263 e. The van der Waals surface area contributed by atoms with Gasteiger partial charge < -0.3 is 5.32 Å². The molecule has 6 nitrogen and oxygen atoms in total. The van der Waals surface area contributed by atoms with Gasteiger partial charge in [-0.3, -0.25) is 4.79 Å². The van der Waals surface area contributed by atoms with Gasteiger partial charge in [0.25, 0.3) is 5.91 Å². The van der Waals surface area contributed by atoms with Crippen LogP contribution in [-0.2, 0) is 6.54 Å². The molecule has 2 aromatic heterocycles. The largest absolute Gasteiger partial charge is 0.347 e. The number of carbonyl (C=O) groups is 1. The van der Waals surface area contributed by atoms with Gasteiger partial charge in [-0.1, -0.05) is 23.7 Å². The summed E-state index contributed by atoms with van der Waals surface area (Å²) in [7, 11) is 0. The number of aromatic nitrogens is 3. The van der Waals surface area contributed by atoms with E-state index < -0.39 is 5.82 Å². The molecule has 0 unspecified atom stereocenters. The van der Waals surface area contributed by atoms with Crippen molar-refractivity contribution in [2.75, 3.05) is 0 Å². The van der Waals surface area contributed by atoms with Crippen LogP contribution in [-0.4, -0.2) is 20.7 Å². The molecule has 4 aromatic rings. The van der Waals surface area contributed by atoms with E-state index in [9.17, 15) is 9.18 Å². The monoisotopic (exact) mass is 451 g/mol. The molecule has 0 saturated heterocycles. The van der Waals surface area contributed by atoms with Crippen LogP contribution in [0, 0.1) is 24.1 Å². The van der Waals surface area contributed by atoms with Crippen molar-refractivity contribution in [1.82, 2.24) is 20.1 Å². The Kier molecular flexibility index (Phi) is 5.80. The number of aryl methyl sites for hydroxylation is 1. The Hall–Kier alpha value is -3.54. The average Bonchev–Trinajstić information content (AvgIpc) is 3.42. The Morgan fingerprint density at radius 1 is 1.29 bits per heavy atom. The van der Waals surface area contributed by atoms with Crippen molar-refractivity contribution in [3.63, 3.8) is 0 Å². The van der Waals surface area contributed by atoms with Gasteiger partial charge in [-0.2, -0.15) is 10.4 Å². The number of hydrogen-bond donors (Lipinski definition) is 1. The number of halogens is 2. The highest BCUT2D eigenvalue weighted by Gasteiger charge is 2.13. The summed E-state index contributed by atoms with van der Waals surface area (Å²) < 4.78 is 16.2.